The summed E-state index contributed by atoms with van der Waals surface area (Å²) in [6, 6.07) is 28.0. The van der Waals surface area contributed by atoms with Gasteiger partial charge in [0.2, 0.25) is 0 Å². The van der Waals surface area contributed by atoms with Crippen LogP contribution in [0.1, 0.15) is 29.5 Å². The minimum Gasteiger partial charge on any atom is -1.00 e. The minimum atomic E-state index is -1.06. The molecule has 5 aromatic rings. The number of benzene rings is 4. The maximum atomic E-state index is 13.5. The zero-order valence-corrected chi connectivity index (χ0v) is 24.8. The molecular weight excluding hydrogens is 560 g/mol. The normalized spacial score (nSPS) is 11.6. The van der Waals surface area contributed by atoms with Crippen LogP contribution in [-0.4, -0.2) is 35.0 Å². The van der Waals surface area contributed by atoms with Crippen LogP contribution in [0.2, 0.25) is 0 Å². The molecule has 5 rings (SSSR count). The monoisotopic (exact) mass is 591 g/mol. The summed E-state index contributed by atoms with van der Waals surface area (Å²) in [5.74, 6) is 0.0593. The number of fused-ring (bicyclic) bond motifs is 1. The fourth-order valence-corrected chi connectivity index (χ4v) is 5.26. The second-order valence-corrected chi connectivity index (χ2v) is 10.8. The molecule has 0 fully saturated rings. The Morgan fingerprint density at radius 1 is 0.953 bits per heavy atom. The summed E-state index contributed by atoms with van der Waals surface area (Å²) >= 11 is 1.53. The summed E-state index contributed by atoms with van der Waals surface area (Å²) in [6.07, 6.45) is 2.23. The van der Waals surface area contributed by atoms with Gasteiger partial charge >= 0.3 is 24.8 Å². The molecule has 6 nitrogen and oxygen atoms in total. The molecule has 1 unspecified atom stereocenters. The molecule has 0 bridgehead atoms. The number of nitrogens with one attached hydrogen (secondary N) is 1. The first-order valence-electron chi connectivity index (χ1n) is 13.5. The summed E-state index contributed by atoms with van der Waals surface area (Å²) in [7, 11) is 0. The van der Waals surface area contributed by atoms with Crippen LogP contribution in [-0.2, 0) is 22.7 Å². The van der Waals surface area contributed by atoms with Gasteiger partial charge in [-0.2, -0.15) is 11.8 Å². The molecule has 0 spiro atoms. The van der Waals surface area contributed by atoms with Crippen LogP contribution < -0.4 is 24.2 Å². The van der Waals surface area contributed by atoms with Gasteiger partial charge in [0, 0.05) is 11.1 Å². The van der Waals surface area contributed by atoms with E-state index >= 15 is 0 Å². The van der Waals surface area contributed by atoms with Crippen molar-refractivity contribution in [1.29, 1.82) is 0 Å². The van der Waals surface area contributed by atoms with Crippen molar-refractivity contribution in [2.75, 3.05) is 12.0 Å². The Balaban J connectivity index is 0.00000264. The Bertz CT molecular complexity index is 1710. The molecule has 1 aromatic heterocycles. The first kappa shape index (κ1) is 32.1. The topological polar surface area (TPSA) is 88.8 Å². The van der Waals surface area contributed by atoms with Crippen molar-refractivity contribution in [2.45, 2.75) is 25.7 Å². The van der Waals surface area contributed by atoms with Crippen molar-refractivity contribution in [1.82, 2.24) is 5.32 Å². The number of carboxylic acids is 1. The van der Waals surface area contributed by atoms with E-state index in [0.717, 1.165) is 27.5 Å². The average molecular weight is 592 g/mol. The molecule has 2 N–H and O–H groups in total. The van der Waals surface area contributed by atoms with Crippen LogP contribution in [0.4, 0.5) is 4.39 Å². The summed E-state index contributed by atoms with van der Waals surface area (Å²) < 4.78 is 25.1. The number of amides is 1. The van der Waals surface area contributed by atoms with Crippen LogP contribution >= 0.6 is 11.8 Å². The van der Waals surface area contributed by atoms with Gasteiger partial charge in [0.05, 0.1) is 6.61 Å². The second-order valence-electron chi connectivity index (χ2n) is 9.82. The van der Waals surface area contributed by atoms with Crippen molar-refractivity contribution >= 4 is 34.4 Å². The number of hydrogen-bond donors (Lipinski definition) is 2. The maximum absolute atomic E-state index is 13.5. The molecule has 0 radical (unpaired) electrons. The van der Waals surface area contributed by atoms with E-state index < -0.39 is 17.9 Å². The van der Waals surface area contributed by atoms with E-state index in [9.17, 15) is 19.1 Å². The number of ether oxygens (including phenoxy) is 1. The maximum Gasteiger partial charge on any atom is 1.00 e. The van der Waals surface area contributed by atoms with Crippen molar-refractivity contribution in [3.8, 4) is 22.5 Å². The number of hydrogen-bond acceptors (Lipinski definition) is 5. The average Bonchev–Trinajstić information content (AvgIpc) is 3.48. The molecule has 43 heavy (non-hydrogen) atoms. The van der Waals surface area contributed by atoms with E-state index in [-0.39, 0.29) is 39.3 Å². The SMILES string of the molecule is CSCCC(NC(=O)c1ccc(COCc2ccc(-c3ccc(F)cc3)o2)cc1-c1cccc2ccccc12)C(=O)O.[H-].[Li+]. The number of rotatable bonds is 12. The standard InChI is InChI=1S/C34H30FNO5S.Li.H/c1-42-18-17-31(34(38)39)36-33(37)29-15-9-22(19-30(29)28-8-4-6-23-5-2-3-7-27(23)28)20-40-21-26-14-16-32(41-26)24-10-12-25(35)13-11-24;;/h2-16,19,31H,17-18,20-21H2,1H3,(H,36,37)(H,38,39);;/q;+1;-1. The van der Waals surface area contributed by atoms with Crippen molar-refractivity contribution in [3.05, 3.63) is 120 Å². The molecule has 4 aromatic carbocycles. The molecule has 1 atom stereocenters. The fourth-order valence-electron chi connectivity index (χ4n) is 4.79. The molecule has 216 valence electrons. The van der Waals surface area contributed by atoms with Gasteiger partial charge < -0.3 is 21.0 Å². The Labute approximate surface area is 267 Å². The quantitative estimate of drug-likeness (QED) is 0.205. The second kappa shape index (κ2) is 15.1. The van der Waals surface area contributed by atoms with Crippen LogP contribution in [0, 0.1) is 5.82 Å². The van der Waals surface area contributed by atoms with Crippen LogP contribution in [0.15, 0.2) is 101 Å². The van der Waals surface area contributed by atoms with Gasteiger partial charge in [0.25, 0.3) is 5.91 Å². The predicted octanol–water partition coefficient (Wildman–Crippen LogP) is 4.68. The molecular formula is C34H31FLiNO5S. The number of thioether (sulfide) groups is 1. The first-order valence-corrected chi connectivity index (χ1v) is 14.9. The smallest absolute Gasteiger partial charge is 1.00 e. The van der Waals surface area contributed by atoms with Crippen LogP contribution in [0.25, 0.3) is 33.2 Å². The summed E-state index contributed by atoms with van der Waals surface area (Å²) in [4.78, 5) is 25.3. The summed E-state index contributed by atoms with van der Waals surface area (Å²) in [5.41, 5.74) is 3.56. The number of halogens is 1. The zero-order chi connectivity index (χ0) is 29.5. The van der Waals surface area contributed by atoms with Crippen LogP contribution in [0.3, 0.4) is 0 Å². The number of carbonyl (C=O) groups is 2. The first-order chi connectivity index (χ1) is 20.4. The number of aliphatic carboxylic acids is 1. The van der Waals surface area contributed by atoms with Gasteiger partial charge in [0.1, 0.15) is 30.0 Å². The Hall–Kier alpha value is -3.80. The fraction of sp³-hybridized carbons (Fsp3) is 0.176. The van der Waals surface area contributed by atoms with E-state index in [1.54, 1.807) is 18.2 Å². The van der Waals surface area contributed by atoms with Crippen molar-refractivity contribution < 1.29 is 48.5 Å². The zero-order valence-electron chi connectivity index (χ0n) is 25.0. The largest absolute Gasteiger partial charge is 1.00 e. The molecule has 0 aliphatic rings. The molecule has 1 amide bonds. The van der Waals surface area contributed by atoms with Gasteiger partial charge in [-0.25, -0.2) is 9.18 Å². The van der Waals surface area contributed by atoms with Gasteiger partial charge in [-0.1, -0.05) is 48.5 Å². The van der Waals surface area contributed by atoms with Gasteiger partial charge in [-0.3, -0.25) is 4.79 Å². The molecule has 0 aliphatic heterocycles. The number of carboxylic acid groups (broad SMARTS) is 1. The third-order valence-corrected chi connectivity index (χ3v) is 7.57. The minimum absolute atomic E-state index is 0. The number of furan rings is 1. The Morgan fingerprint density at radius 2 is 1.72 bits per heavy atom. The summed E-state index contributed by atoms with van der Waals surface area (Å²) in [5, 5.41) is 14.4. The molecule has 1 heterocycles. The Morgan fingerprint density at radius 3 is 2.49 bits per heavy atom. The van der Waals surface area contributed by atoms with E-state index in [1.165, 1.54) is 23.9 Å². The molecule has 0 aliphatic carbocycles. The Kier molecular flexibility index (Phi) is 11.3. The van der Waals surface area contributed by atoms with Crippen molar-refractivity contribution in [2.24, 2.45) is 0 Å². The van der Waals surface area contributed by atoms with E-state index in [0.29, 0.717) is 34.8 Å². The van der Waals surface area contributed by atoms with Gasteiger partial charge in [-0.15, -0.1) is 0 Å². The molecule has 9 heteroatoms. The number of carbonyl (C=O) groups excluding carboxylic acids is 1. The third kappa shape index (κ3) is 7.98. The summed E-state index contributed by atoms with van der Waals surface area (Å²) in [6.45, 7) is 0.487. The van der Waals surface area contributed by atoms with E-state index in [1.807, 2.05) is 73.0 Å². The molecule has 0 saturated carbocycles. The van der Waals surface area contributed by atoms with E-state index in [2.05, 4.69) is 5.32 Å². The van der Waals surface area contributed by atoms with E-state index in [4.69, 9.17) is 9.15 Å². The predicted molar refractivity (Wildman–Crippen MR) is 165 cm³/mol. The van der Waals surface area contributed by atoms with Gasteiger partial charge in [-0.05, 0) is 94.4 Å². The molecule has 0 saturated heterocycles. The third-order valence-electron chi connectivity index (χ3n) is 6.93. The van der Waals surface area contributed by atoms with Crippen LogP contribution in [0.5, 0.6) is 0 Å². The van der Waals surface area contributed by atoms with Gasteiger partial charge in [0.15, 0.2) is 0 Å². The van der Waals surface area contributed by atoms with Crippen molar-refractivity contribution in [3.63, 3.8) is 0 Å².